The Kier molecular flexibility index (Phi) is 5.24. The summed E-state index contributed by atoms with van der Waals surface area (Å²) >= 11 is 4.95. The molecule has 21 heavy (non-hydrogen) atoms. The second-order valence-electron chi connectivity index (χ2n) is 4.57. The highest BCUT2D eigenvalue weighted by Gasteiger charge is 2.09. The molecule has 1 unspecified atom stereocenters. The average molecular weight is 309 g/mol. The Morgan fingerprint density at radius 3 is 2.76 bits per heavy atom. The van der Waals surface area contributed by atoms with E-state index < -0.39 is 6.10 Å². The molecule has 0 aliphatic carbocycles. The van der Waals surface area contributed by atoms with Crippen LogP contribution in [0, 0.1) is 4.77 Å². The second-order valence-corrected chi connectivity index (χ2v) is 4.98. The second kappa shape index (κ2) is 7.14. The number of anilines is 1. The van der Waals surface area contributed by atoms with Crippen LogP contribution in [0.4, 0.5) is 5.69 Å². The van der Waals surface area contributed by atoms with Crippen molar-refractivity contribution in [3.05, 3.63) is 34.9 Å². The van der Waals surface area contributed by atoms with Gasteiger partial charge >= 0.3 is 0 Å². The van der Waals surface area contributed by atoms with Crippen LogP contribution in [0.2, 0.25) is 0 Å². The third-order valence-corrected chi connectivity index (χ3v) is 3.26. The number of aromatic amines is 2. The maximum absolute atomic E-state index is 10.1. The number of rotatable bonds is 7. The smallest absolute Gasteiger partial charge is 0.174 e. The minimum Gasteiger partial charge on any atom is -0.497 e. The molecule has 0 radical (unpaired) electrons. The zero-order valence-corrected chi connectivity index (χ0v) is 12.8. The first-order chi connectivity index (χ1) is 10.1. The minimum atomic E-state index is -0.553. The van der Waals surface area contributed by atoms with Gasteiger partial charge < -0.3 is 29.9 Å². The van der Waals surface area contributed by atoms with Gasteiger partial charge in [-0.05, 0) is 24.4 Å². The summed E-state index contributed by atoms with van der Waals surface area (Å²) in [6, 6.07) is 5.46. The predicted molar refractivity (Wildman–Crippen MR) is 83.7 cm³/mol. The van der Waals surface area contributed by atoms with Crippen LogP contribution in [-0.4, -0.2) is 41.9 Å². The quantitative estimate of drug-likeness (QED) is 0.589. The van der Waals surface area contributed by atoms with Crippen molar-refractivity contribution in [1.82, 2.24) is 9.97 Å². The average Bonchev–Trinajstić information content (AvgIpc) is 2.89. The first kappa shape index (κ1) is 15.4. The van der Waals surface area contributed by atoms with Crippen molar-refractivity contribution >= 4 is 17.9 Å². The van der Waals surface area contributed by atoms with Gasteiger partial charge in [0.25, 0.3) is 0 Å². The van der Waals surface area contributed by atoms with E-state index in [0.717, 1.165) is 17.1 Å². The number of aliphatic hydroxyl groups is 1. The maximum Gasteiger partial charge on any atom is 0.174 e. The van der Waals surface area contributed by atoms with Crippen molar-refractivity contribution in [2.24, 2.45) is 0 Å². The molecule has 0 bridgehead atoms. The largest absolute Gasteiger partial charge is 0.497 e. The number of methoxy groups -OCH3 is 2. The molecule has 0 fully saturated rings. The summed E-state index contributed by atoms with van der Waals surface area (Å²) in [5.74, 6) is 1.42. The normalized spacial score (nSPS) is 12.0. The maximum atomic E-state index is 10.1. The molecule has 0 aliphatic heterocycles. The van der Waals surface area contributed by atoms with E-state index >= 15 is 0 Å². The number of imidazole rings is 1. The molecule has 4 N–H and O–H groups in total. The lowest BCUT2D eigenvalue weighted by molar-refractivity contribution is 0.187. The Labute approximate surface area is 128 Å². The van der Waals surface area contributed by atoms with E-state index in [1.165, 1.54) is 0 Å². The van der Waals surface area contributed by atoms with Crippen LogP contribution in [0.25, 0.3) is 0 Å². The molecular weight excluding hydrogens is 290 g/mol. The van der Waals surface area contributed by atoms with E-state index in [1.807, 2.05) is 18.2 Å². The highest BCUT2D eigenvalue weighted by atomic mass is 32.1. The first-order valence-corrected chi connectivity index (χ1v) is 6.93. The summed E-state index contributed by atoms with van der Waals surface area (Å²) in [5, 5.41) is 13.2. The molecule has 1 aromatic heterocycles. The van der Waals surface area contributed by atoms with Gasteiger partial charge in [0.2, 0.25) is 0 Å². The van der Waals surface area contributed by atoms with Crippen LogP contribution in [0.3, 0.4) is 0 Å². The molecular formula is C14H19N3O3S. The van der Waals surface area contributed by atoms with Crippen molar-refractivity contribution in [3.63, 3.8) is 0 Å². The molecule has 6 nitrogen and oxygen atoms in total. The van der Waals surface area contributed by atoms with Gasteiger partial charge in [-0.1, -0.05) is 0 Å². The zero-order valence-electron chi connectivity index (χ0n) is 12.0. The molecule has 1 aromatic carbocycles. The number of ether oxygens (including phenoxy) is 2. The molecule has 7 heteroatoms. The molecule has 114 valence electrons. The number of hydrogen-bond donors (Lipinski definition) is 4. The van der Waals surface area contributed by atoms with Gasteiger partial charge in [-0.3, -0.25) is 0 Å². The molecule has 0 aliphatic rings. The third-order valence-electron chi connectivity index (χ3n) is 3.04. The summed E-state index contributed by atoms with van der Waals surface area (Å²) in [7, 11) is 3.21. The van der Waals surface area contributed by atoms with Crippen LogP contribution in [0.1, 0.15) is 5.69 Å². The molecule has 0 spiro atoms. The topological polar surface area (TPSA) is 82.3 Å². The standard InChI is InChI=1S/C14H19N3O3S/c1-19-11-3-4-13(20-2)12(6-11)15-8-10(18)5-9-7-16-14(21)17-9/h3-4,6-7,10,15,18H,5,8H2,1-2H3,(H2,16,17,21). The molecule has 2 rings (SSSR count). The molecule has 0 amide bonds. The Morgan fingerprint density at radius 2 is 2.14 bits per heavy atom. The van der Waals surface area contributed by atoms with Crippen molar-refractivity contribution in [2.75, 3.05) is 26.1 Å². The summed E-state index contributed by atoms with van der Waals surface area (Å²) in [6.07, 6.45) is 1.69. The van der Waals surface area contributed by atoms with Crippen molar-refractivity contribution in [3.8, 4) is 11.5 Å². The van der Waals surface area contributed by atoms with Gasteiger partial charge in [0.05, 0.1) is 26.0 Å². The minimum absolute atomic E-state index is 0.384. The van der Waals surface area contributed by atoms with Crippen LogP contribution in [0.5, 0.6) is 11.5 Å². The fourth-order valence-electron chi connectivity index (χ4n) is 1.99. The number of aliphatic hydroxyl groups excluding tert-OH is 1. The van der Waals surface area contributed by atoms with Gasteiger partial charge in [0.1, 0.15) is 11.5 Å². The van der Waals surface area contributed by atoms with Crippen molar-refractivity contribution in [2.45, 2.75) is 12.5 Å². The number of H-pyrrole nitrogens is 2. The van der Waals surface area contributed by atoms with E-state index in [0.29, 0.717) is 23.5 Å². The third kappa shape index (κ3) is 4.24. The van der Waals surface area contributed by atoms with E-state index in [2.05, 4.69) is 15.3 Å². The zero-order chi connectivity index (χ0) is 15.2. The predicted octanol–water partition coefficient (Wildman–Crippen LogP) is 2.10. The molecule has 2 aromatic rings. The Hall–Kier alpha value is -1.99. The summed E-state index contributed by atoms with van der Waals surface area (Å²) in [4.78, 5) is 5.85. The molecule has 1 heterocycles. The number of nitrogens with one attached hydrogen (secondary N) is 3. The van der Waals surface area contributed by atoms with Gasteiger partial charge in [-0.25, -0.2) is 0 Å². The highest BCUT2D eigenvalue weighted by Crippen LogP contribution is 2.28. The summed E-state index contributed by atoms with van der Waals surface area (Å²) in [6.45, 7) is 0.384. The van der Waals surface area contributed by atoms with E-state index in [1.54, 1.807) is 20.4 Å². The monoisotopic (exact) mass is 309 g/mol. The fourth-order valence-corrected chi connectivity index (χ4v) is 2.18. The van der Waals surface area contributed by atoms with Gasteiger partial charge in [-0.2, -0.15) is 0 Å². The van der Waals surface area contributed by atoms with Gasteiger partial charge in [0.15, 0.2) is 4.77 Å². The Bertz CT molecular complexity index is 638. The van der Waals surface area contributed by atoms with Crippen LogP contribution < -0.4 is 14.8 Å². The summed E-state index contributed by atoms with van der Waals surface area (Å²) < 4.78 is 11.0. The van der Waals surface area contributed by atoms with Crippen LogP contribution in [0.15, 0.2) is 24.4 Å². The lowest BCUT2D eigenvalue weighted by Crippen LogP contribution is -2.22. The Morgan fingerprint density at radius 1 is 1.33 bits per heavy atom. The summed E-state index contributed by atoms with van der Waals surface area (Å²) in [5.41, 5.74) is 1.64. The first-order valence-electron chi connectivity index (χ1n) is 6.53. The van der Waals surface area contributed by atoms with E-state index in [4.69, 9.17) is 21.7 Å². The molecule has 1 atom stereocenters. The van der Waals surface area contributed by atoms with Crippen molar-refractivity contribution < 1.29 is 14.6 Å². The van der Waals surface area contributed by atoms with Crippen molar-refractivity contribution in [1.29, 1.82) is 0 Å². The fraction of sp³-hybridized carbons (Fsp3) is 0.357. The number of benzene rings is 1. The Balaban J connectivity index is 1.96. The number of hydrogen-bond acceptors (Lipinski definition) is 5. The lowest BCUT2D eigenvalue weighted by atomic mass is 10.2. The van der Waals surface area contributed by atoms with Crippen LogP contribution in [-0.2, 0) is 6.42 Å². The van der Waals surface area contributed by atoms with E-state index in [-0.39, 0.29) is 0 Å². The highest BCUT2D eigenvalue weighted by molar-refractivity contribution is 7.71. The number of aromatic nitrogens is 2. The molecule has 0 saturated heterocycles. The van der Waals surface area contributed by atoms with E-state index in [9.17, 15) is 5.11 Å². The van der Waals surface area contributed by atoms with Crippen LogP contribution >= 0.6 is 12.2 Å². The SMILES string of the molecule is COc1ccc(OC)c(NCC(O)Cc2c[nH]c(=S)[nH]2)c1. The lowest BCUT2D eigenvalue weighted by Gasteiger charge is -2.15. The molecule has 0 saturated carbocycles. The van der Waals surface area contributed by atoms with Gasteiger partial charge in [0, 0.05) is 30.9 Å². The van der Waals surface area contributed by atoms with Gasteiger partial charge in [-0.15, -0.1) is 0 Å².